The Labute approximate surface area is 110 Å². The number of fused-ring (bicyclic) bond motifs is 1. The molecule has 1 aliphatic heterocycles. The summed E-state index contributed by atoms with van der Waals surface area (Å²) in [5, 5.41) is 2.48. The average molecular weight is 268 g/mol. The third-order valence-electron chi connectivity index (χ3n) is 2.87. The Morgan fingerprint density at radius 3 is 3.06 bits per heavy atom. The molecule has 0 radical (unpaired) electrons. The minimum Gasteiger partial charge on any atom is -0.469 e. The van der Waals surface area contributed by atoms with E-state index in [1.807, 2.05) is 18.2 Å². The van der Waals surface area contributed by atoms with Crippen molar-refractivity contribution in [1.82, 2.24) is 0 Å². The quantitative estimate of drug-likeness (QED) is 0.670. The number of alkyl halides is 1. The van der Waals surface area contributed by atoms with E-state index >= 15 is 0 Å². The molecule has 0 bridgehead atoms. The van der Waals surface area contributed by atoms with Crippen molar-refractivity contribution in [2.45, 2.75) is 24.6 Å². The van der Waals surface area contributed by atoms with Crippen molar-refractivity contribution in [1.29, 1.82) is 0 Å². The van der Waals surface area contributed by atoms with Crippen LogP contribution in [0.1, 0.15) is 17.5 Å². The molecule has 1 unspecified atom stereocenters. The van der Waals surface area contributed by atoms with E-state index in [0.717, 1.165) is 16.8 Å². The van der Waals surface area contributed by atoms with Gasteiger partial charge in [0.2, 0.25) is 5.91 Å². The highest BCUT2D eigenvalue weighted by Gasteiger charge is 2.18. The molecule has 1 heterocycles. The number of nitrogens with one attached hydrogen (secondary N) is 1. The van der Waals surface area contributed by atoms with Crippen molar-refractivity contribution in [3.8, 4) is 0 Å². The molecule has 0 saturated heterocycles. The van der Waals surface area contributed by atoms with Crippen LogP contribution in [0.4, 0.5) is 5.69 Å². The van der Waals surface area contributed by atoms with Crippen molar-refractivity contribution in [2.24, 2.45) is 0 Å². The van der Waals surface area contributed by atoms with Gasteiger partial charge in [-0.2, -0.15) is 0 Å². The SMILES string of the molecule is COC(=O)CC(Cl)Cc1ccc2c(c1)CC(=O)N2. The van der Waals surface area contributed by atoms with Crippen LogP contribution in [0, 0.1) is 0 Å². The Bertz CT molecular complexity index is 487. The molecule has 0 fully saturated rings. The van der Waals surface area contributed by atoms with Crippen LogP contribution in [0.15, 0.2) is 18.2 Å². The lowest BCUT2D eigenvalue weighted by Crippen LogP contribution is -2.12. The second-order valence-electron chi connectivity index (χ2n) is 4.30. The van der Waals surface area contributed by atoms with E-state index in [1.165, 1.54) is 7.11 Å². The fraction of sp³-hybridized carbons (Fsp3) is 0.385. The lowest BCUT2D eigenvalue weighted by Gasteiger charge is -2.09. The maximum absolute atomic E-state index is 11.2. The summed E-state index contributed by atoms with van der Waals surface area (Å²) >= 11 is 6.09. The van der Waals surface area contributed by atoms with Crippen LogP contribution in [0.2, 0.25) is 0 Å². The van der Waals surface area contributed by atoms with Gasteiger partial charge < -0.3 is 10.1 Å². The van der Waals surface area contributed by atoms with Crippen LogP contribution < -0.4 is 5.32 Å². The first-order chi connectivity index (χ1) is 8.58. The van der Waals surface area contributed by atoms with Crippen LogP contribution in [0.3, 0.4) is 0 Å². The molecule has 18 heavy (non-hydrogen) atoms. The van der Waals surface area contributed by atoms with Gasteiger partial charge in [0.05, 0.1) is 20.0 Å². The predicted molar refractivity (Wildman–Crippen MR) is 68.8 cm³/mol. The van der Waals surface area contributed by atoms with Gasteiger partial charge in [-0.15, -0.1) is 11.6 Å². The van der Waals surface area contributed by atoms with E-state index < -0.39 is 0 Å². The van der Waals surface area contributed by atoms with Gasteiger partial charge in [0.1, 0.15) is 0 Å². The maximum Gasteiger partial charge on any atom is 0.307 e. The summed E-state index contributed by atoms with van der Waals surface area (Å²) in [6, 6.07) is 5.74. The van der Waals surface area contributed by atoms with E-state index in [1.54, 1.807) is 0 Å². The molecule has 0 spiro atoms. The molecule has 4 nitrogen and oxygen atoms in total. The van der Waals surface area contributed by atoms with Gasteiger partial charge in [0.15, 0.2) is 0 Å². The van der Waals surface area contributed by atoms with Gasteiger partial charge in [-0.05, 0) is 23.6 Å². The monoisotopic (exact) mass is 267 g/mol. The Balaban J connectivity index is 2.00. The number of carbonyl (C=O) groups is 2. The number of methoxy groups -OCH3 is 1. The molecule has 1 N–H and O–H groups in total. The fourth-order valence-corrected chi connectivity index (χ4v) is 2.31. The first kappa shape index (κ1) is 12.9. The first-order valence-electron chi connectivity index (χ1n) is 5.71. The van der Waals surface area contributed by atoms with E-state index in [2.05, 4.69) is 10.1 Å². The smallest absolute Gasteiger partial charge is 0.307 e. The van der Waals surface area contributed by atoms with E-state index in [4.69, 9.17) is 11.6 Å². The Morgan fingerprint density at radius 2 is 2.33 bits per heavy atom. The topological polar surface area (TPSA) is 55.4 Å². The van der Waals surface area contributed by atoms with Gasteiger partial charge in [-0.1, -0.05) is 12.1 Å². The van der Waals surface area contributed by atoms with Gasteiger partial charge in [0.25, 0.3) is 0 Å². The van der Waals surface area contributed by atoms with E-state index in [-0.39, 0.29) is 23.7 Å². The second-order valence-corrected chi connectivity index (χ2v) is 4.92. The number of anilines is 1. The maximum atomic E-state index is 11.2. The van der Waals surface area contributed by atoms with E-state index in [0.29, 0.717) is 12.8 Å². The number of ether oxygens (including phenoxy) is 1. The molecule has 96 valence electrons. The molecule has 0 aromatic heterocycles. The largest absolute Gasteiger partial charge is 0.469 e. The number of esters is 1. The van der Waals surface area contributed by atoms with Crippen molar-refractivity contribution < 1.29 is 14.3 Å². The van der Waals surface area contributed by atoms with Crippen molar-refractivity contribution in [3.63, 3.8) is 0 Å². The Kier molecular flexibility index (Phi) is 3.87. The number of halogens is 1. The summed E-state index contributed by atoms with van der Waals surface area (Å²) in [5.41, 5.74) is 2.87. The standard InChI is InChI=1S/C13H14ClNO3/c1-18-13(17)7-10(14)5-8-2-3-11-9(4-8)6-12(16)15-11/h2-4,10H,5-7H2,1H3,(H,15,16). The molecule has 1 atom stereocenters. The van der Waals surface area contributed by atoms with Crippen LogP contribution >= 0.6 is 11.6 Å². The first-order valence-corrected chi connectivity index (χ1v) is 6.14. The normalized spacial score (nSPS) is 14.9. The second kappa shape index (κ2) is 5.40. The number of benzene rings is 1. The number of amides is 1. The summed E-state index contributed by atoms with van der Waals surface area (Å²) in [6.07, 6.45) is 1.18. The van der Waals surface area contributed by atoms with E-state index in [9.17, 15) is 9.59 Å². The summed E-state index contributed by atoms with van der Waals surface area (Å²) in [6.45, 7) is 0. The zero-order chi connectivity index (χ0) is 13.1. The summed E-state index contributed by atoms with van der Waals surface area (Å²) < 4.78 is 4.57. The minimum atomic E-state index is -0.312. The number of hydrogen-bond acceptors (Lipinski definition) is 3. The molecule has 1 aromatic rings. The van der Waals surface area contributed by atoms with Crippen LogP contribution in [-0.2, 0) is 27.2 Å². The molecule has 1 aliphatic rings. The molecule has 1 aromatic carbocycles. The molecule has 0 aliphatic carbocycles. The van der Waals surface area contributed by atoms with Gasteiger partial charge in [0, 0.05) is 11.1 Å². The number of rotatable bonds is 4. The molecule has 1 amide bonds. The lowest BCUT2D eigenvalue weighted by molar-refractivity contribution is -0.140. The molecular weight excluding hydrogens is 254 g/mol. The third kappa shape index (κ3) is 3.01. The molecule has 0 saturated carbocycles. The summed E-state index contributed by atoms with van der Waals surface area (Å²) in [5.74, 6) is -0.299. The van der Waals surface area contributed by atoms with Crippen LogP contribution in [0.5, 0.6) is 0 Å². The highest BCUT2D eigenvalue weighted by Crippen LogP contribution is 2.25. The summed E-state index contributed by atoms with van der Waals surface area (Å²) in [4.78, 5) is 22.3. The number of carbonyl (C=O) groups excluding carboxylic acids is 2. The Morgan fingerprint density at radius 1 is 1.56 bits per heavy atom. The van der Waals surface area contributed by atoms with Crippen molar-refractivity contribution >= 4 is 29.2 Å². The third-order valence-corrected chi connectivity index (χ3v) is 3.18. The van der Waals surface area contributed by atoms with Crippen molar-refractivity contribution in [2.75, 3.05) is 12.4 Å². The van der Waals surface area contributed by atoms with Crippen molar-refractivity contribution in [3.05, 3.63) is 29.3 Å². The number of hydrogen-bond donors (Lipinski definition) is 1. The lowest BCUT2D eigenvalue weighted by atomic mass is 10.0. The zero-order valence-electron chi connectivity index (χ0n) is 10.0. The molecular formula is C13H14ClNO3. The Hall–Kier alpha value is -1.55. The van der Waals surface area contributed by atoms with Gasteiger partial charge >= 0.3 is 5.97 Å². The highest BCUT2D eigenvalue weighted by molar-refractivity contribution is 6.21. The predicted octanol–water partition coefficient (Wildman–Crippen LogP) is 1.89. The highest BCUT2D eigenvalue weighted by atomic mass is 35.5. The van der Waals surface area contributed by atoms with Gasteiger partial charge in [-0.25, -0.2) is 0 Å². The zero-order valence-corrected chi connectivity index (χ0v) is 10.8. The van der Waals surface area contributed by atoms with Gasteiger partial charge in [-0.3, -0.25) is 9.59 Å². The van der Waals surface area contributed by atoms with Crippen LogP contribution in [0.25, 0.3) is 0 Å². The molecule has 2 rings (SSSR count). The fourth-order valence-electron chi connectivity index (χ4n) is 2.00. The van der Waals surface area contributed by atoms with Crippen LogP contribution in [-0.4, -0.2) is 24.4 Å². The summed E-state index contributed by atoms with van der Waals surface area (Å²) in [7, 11) is 1.35. The minimum absolute atomic E-state index is 0.0131. The average Bonchev–Trinajstić information content (AvgIpc) is 2.68. The molecule has 5 heteroatoms.